The van der Waals surface area contributed by atoms with Gasteiger partial charge in [0.05, 0.1) is 25.8 Å². The maximum atomic E-state index is 5.76. The minimum absolute atomic E-state index is 0.547. The van der Waals surface area contributed by atoms with Gasteiger partial charge in [-0.15, -0.1) is 0 Å². The van der Waals surface area contributed by atoms with E-state index in [0.29, 0.717) is 6.61 Å². The Morgan fingerprint density at radius 3 is 2.36 bits per heavy atom. The Kier molecular flexibility index (Phi) is 5.61. The molecule has 25 heavy (non-hydrogen) atoms. The SMILES string of the molecule is CCCCOc1ccc(-n2c(COC)cc3cc(OC)ccc32)cc1. The second-order valence-corrected chi connectivity index (χ2v) is 6.02. The Bertz CT molecular complexity index is 821. The molecule has 0 amide bonds. The first-order valence-corrected chi connectivity index (χ1v) is 8.67. The fourth-order valence-corrected chi connectivity index (χ4v) is 2.96. The summed E-state index contributed by atoms with van der Waals surface area (Å²) in [7, 11) is 3.40. The van der Waals surface area contributed by atoms with E-state index < -0.39 is 0 Å². The van der Waals surface area contributed by atoms with Crippen LogP contribution in [0.3, 0.4) is 0 Å². The van der Waals surface area contributed by atoms with E-state index in [1.165, 1.54) is 0 Å². The first-order chi connectivity index (χ1) is 12.3. The summed E-state index contributed by atoms with van der Waals surface area (Å²) in [6, 6.07) is 16.5. The lowest BCUT2D eigenvalue weighted by Crippen LogP contribution is -2.02. The highest BCUT2D eigenvalue weighted by molar-refractivity contribution is 5.84. The van der Waals surface area contributed by atoms with Crippen molar-refractivity contribution in [2.75, 3.05) is 20.8 Å². The van der Waals surface area contributed by atoms with Gasteiger partial charge >= 0.3 is 0 Å². The quantitative estimate of drug-likeness (QED) is 0.544. The number of nitrogens with zero attached hydrogens (tertiary/aromatic N) is 1. The minimum Gasteiger partial charge on any atom is -0.497 e. The molecule has 3 rings (SSSR count). The van der Waals surface area contributed by atoms with E-state index in [9.17, 15) is 0 Å². The first-order valence-electron chi connectivity index (χ1n) is 8.67. The smallest absolute Gasteiger partial charge is 0.119 e. The monoisotopic (exact) mass is 339 g/mol. The number of methoxy groups -OCH3 is 2. The van der Waals surface area contributed by atoms with Gasteiger partial charge in [0.1, 0.15) is 11.5 Å². The summed E-state index contributed by atoms with van der Waals surface area (Å²) in [6.45, 7) is 3.47. The summed E-state index contributed by atoms with van der Waals surface area (Å²) >= 11 is 0. The zero-order valence-corrected chi connectivity index (χ0v) is 15.1. The summed E-state index contributed by atoms with van der Waals surface area (Å²) in [5.74, 6) is 1.76. The van der Waals surface area contributed by atoms with E-state index in [1.54, 1.807) is 14.2 Å². The Morgan fingerprint density at radius 2 is 1.68 bits per heavy atom. The predicted octanol–water partition coefficient (Wildman–Crippen LogP) is 4.96. The molecule has 4 heteroatoms. The van der Waals surface area contributed by atoms with Crippen molar-refractivity contribution >= 4 is 10.9 Å². The van der Waals surface area contributed by atoms with Crippen LogP contribution in [0.15, 0.2) is 48.5 Å². The summed E-state index contributed by atoms with van der Waals surface area (Å²) in [5, 5.41) is 1.13. The zero-order valence-electron chi connectivity index (χ0n) is 15.1. The molecule has 0 aliphatic rings. The number of hydrogen-bond donors (Lipinski definition) is 0. The number of ether oxygens (including phenoxy) is 3. The Hall–Kier alpha value is -2.46. The summed E-state index contributed by atoms with van der Waals surface area (Å²) in [4.78, 5) is 0. The second kappa shape index (κ2) is 8.08. The van der Waals surface area contributed by atoms with Gasteiger partial charge in [0.2, 0.25) is 0 Å². The minimum atomic E-state index is 0.547. The van der Waals surface area contributed by atoms with Crippen molar-refractivity contribution in [1.29, 1.82) is 0 Å². The van der Waals surface area contributed by atoms with Gasteiger partial charge in [-0.05, 0) is 55.0 Å². The fraction of sp³-hybridized carbons (Fsp3) is 0.333. The van der Waals surface area contributed by atoms with Crippen molar-refractivity contribution in [2.24, 2.45) is 0 Å². The Balaban J connectivity index is 1.97. The van der Waals surface area contributed by atoms with Crippen molar-refractivity contribution in [3.05, 3.63) is 54.2 Å². The van der Waals surface area contributed by atoms with Gasteiger partial charge in [0.25, 0.3) is 0 Å². The molecule has 2 aromatic carbocycles. The number of rotatable bonds is 8. The lowest BCUT2D eigenvalue weighted by Gasteiger charge is -2.12. The molecule has 0 radical (unpaired) electrons. The average Bonchev–Trinajstić information content (AvgIpc) is 3.00. The van der Waals surface area contributed by atoms with Crippen molar-refractivity contribution in [3.8, 4) is 17.2 Å². The third-order valence-electron chi connectivity index (χ3n) is 4.24. The summed E-state index contributed by atoms with van der Waals surface area (Å²) in [5.41, 5.74) is 3.33. The number of hydrogen-bond acceptors (Lipinski definition) is 3. The molecular formula is C21H25NO3. The number of benzene rings is 2. The molecule has 4 nitrogen and oxygen atoms in total. The molecule has 132 valence electrons. The molecule has 0 saturated heterocycles. The number of fused-ring (bicyclic) bond motifs is 1. The van der Waals surface area contributed by atoms with Crippen LogP contribution in [-0.2, 0) is 11.3 Å². The van der Waals surface area contributed by atoms with Crippen LogP contribution in [0.2, 0.25) is 0 Å². The van der Waals surface area contributed by atoms with Crippen LogP contribution in [-0.4, -0.2) is 25.4 Å². The Morgan fingerprint density at radius 1 is 0.920 bits per heavy atom. The molecule has 1 heterocycles. The highest BCUT2D eigenvalue weighted by Crippen LogP contribution is 2.29. The van der Waals surface area contributed by atoms with Gasteiger partial charge in [-0.25, -0.2) is 0 Å². The number of unbranched alkanes of at least 4 members (excludes halogenated alkanes) is 1. The van der Waals surface area contributed by atoms with E-state index in [2.05, 4.69) is 35.8 Å². The lowest BCUT2D eigenvalue weighted by molar-refractivity contribution is 0.180. The summed E-state index contributed by atoms with van der Waals surface area (Å²) in [6.07, 6.45) is 2.21. The molecular weight excluding hydrogens is 314 g/mol. The molecule has 0 N–H and O–H groups in total. The maximum Gasteiger partial charge on any atom is 0.119 e. The van der Waals surface area contributed by atoms with Crippen molar-refractivity contribution < 1.29 is 14.2 Å². The Labute approximate surface area is 148 Å². The van der Waals surface area contributed by atoms with Crippen LogP contribution in [0.25, 0.3) is 16.6 Å². The standard InChI is InChI=1S/C21H25NO3/c1-4-5-12-25-19-8-6-17(7-9-19)22-18(15-23-2)13-16-14-20(24-3)10-11-21(16)22/h6-11,13-14H,4-5,12,15H2,1-3H3. The lowest BCUT2D eigenvalue weighted by atomic mass is 10.2. The molecule has 0 unspecified atom stereocenters. The molecule has 0 bridgehead atoms. The van der Waals surface area contributed by atoms with Crippen LogP contribution < -0.4 is 9.47 Å². The molecule has 1 aromatic heterocycles. The molecule has 0 atom stereocenters. The zero-order chi connectivity index (χ0) is 17.6. The topological polar surface area (TPSA) is 32.6 Å². The van der Waals surface area contributed by atoms with Crippen molar-refractivity contribution in [1.82, 2.24) is 4.57 Å². The van der Waals surface area contributed by atoms with Crippen LogP contribution in [0.5, 0.6) is 11.5 Å². The average molecular weight is 339 g/mol. The van der Waals surface area contributed by atoms with Crippen LogP contribution in [0.4, 0.5) is 0 Å². The van der Waals surface area contributed by atoms with E-state index in [1.807, 2.05) is 24.3 Å². The van der Waals surface area contributed by atoms with Gasteiger partial charge in [-0.2, -0.15) is 0 Å². The normalized spacial score (nSPS) is 11.0. The number of aromatic nitrogens is 1. The highest BCUT2D eigenvalue weighted by atomic mass is 16.5. The molecule has 0 saturated carbocycles. The van der Waals surface area contributed by atoms with Crippen LogP contribution >= 0.6 is 0 Å². The molecule has 0 spiro atoms. The van der Waals surface area contributed by atoms with E-state index in [4.69, 9.17) is 14.2 Å². The summed E-state index contributed by atoms with van der Waals surface area (Å²) < 4.78 is 18.7. The molecule has 3 aromatic rings. The van der Waals surface area contributed by atoms with Crippen LogP contribution in [0, 0.1) is 0 Å². The van der Waals surface area contributed by atoms with Gasteiger partial charge in [-0.1, -0.05) is 13.3 Å². The van der Waals surface area contributed by atoms with Crippen molar-refractivity contribution in [3.63, 3.8) is 0 Å². The third-order valence-corrected chi connectivity index (χ3v) is 4.24. The van der Waals surface area contributed by atoms with Gasteiger partial charge in [-0.3, -0.25) is 0 Å². The van der Waals surface area contributed by atoms with E-state index >= 15 is 0 Å². The van der Waals surface area contributed by atoms with Gasteiger partial charge < -0.3 is 18.8 Å². The van der Waals surface area contributed by atoms with Gasteiger partial charge in [0, 0.05) is 23.9 Å². The van der Waals surface area contributed by atoms with Crippen molar-refractivity contribution in [2.45, 2.75) is 26.4 Å². The maximum absolute atomic E-state index is 5.76. The second-order valence-electron chi connectivity index (χ2n) is 6.02. The largest absolute Gasteiger partial charge is 0.497 e. The van der Waals surface area contributed by atoms with Gasteiger partial charge in [0.15, 0.2) is 0 Å². The molecule has 0 aliphatic carbocycles. The van der Waals surface area contributed by atoms with Crippen LogP contribution in [0.1, 0.15) is 25.5 Å². The predicted molar refractivity (Wildman–Crippen MR) is 101 cm³/mol. The highest BCUT2D eigenvalue weighted by Gasteiger charge is 2.11. The third kappa shape index (κ3) is 3.80. The molecule has 0 aliphatic heterocycles. The molecule has 0 fully saturated rings. The van der Waals surface area contributed by atoms with E-state index in [-0.39, 0.29) is 0 Å². The van der Waals surface area contributed by atoms with E-state index in [0.717, 1.165) is 53.2 Å². The fourth-order valence-electron chi connectivity index (χ4n) is 2.96. The first kappa shape index (κ1) is 17.4.